The Morgan fingerprint density at radius 1 is 0.453 bits per heavy atom. The fourth-order valence-electron chi connectivity index (χ4n) is 6.91. The van der Waals surface area contributed by atoms with Crippen LogP contribution in [0.1, 0.15) is 11.1 Å². The summed E-state index contributed by atoms with van der Waals surface area (Å²) < 4.78 is 2.25. The van der Waals surface area contributed by atoms with Gasteiger partial charge in [0.1, 0.15) is 0 Å². The fraction of sp³-hybridized carbons (Fsp3) is 0. The number of nitrogens with zero attached hydrogens (tertiary/aromatic N) is 7. The van der Waals surface area contributed by atoms with Gasteiger partial charge in [0.15, 0.2) is 17.5 Å². The molecule has 246 valence electrons. The van der Waals surface area contributed by atoms with Gasteiger partial charge in [0.2, 0.25) is 0 Å². The summed E-state index contributed by atoms with van der Waals surface area (Å²) in [6, 6.07) is 54.5. The van der Waals surface area contributed by atoms with Gasteiger partial charge in [-0.1, -0.05) is 109 Å². The van der Waals surface area contributed by atoms with Crippen molar-refractivity contribution in [2.75, 3.05) is 0 Å². The Morgan fingerprint density at radius 3 is 1.81 bits per heavy atom. The molecule has 0 saturated heterocycles. The highest BCUT2D eigenvalue weighted by Crippen LogP contribution is 2.40. The number of hydrogen-bond acceptors (Lipinski definition) is 6. The maximum Gasteiger partial charge on any atom is 0.166 e. The molecule has 7 nitrogen and oxygen atoms in total. The van der Waals surface area contributed by atoms with Crippen LogP contribution in [0.25, 0.3) is 83.9 Å². The summed E-state index contributed by atoms with van der Waals surface area (Å²) in [5, 5.41) is 21.7. The number of hydrogen-bond donors (Lipinski definition) is 0. The van der Waals surface area contributed by atoms with E-state index in [1.54, 1.807) is 18.3 Å². The van der Waals surface area contributed by atoms with E-state index in [1.807, 2.05) is 103 Å². The van der Waals surface area contributed by atoms with Crippen LogP contribution in [0.2, 0.25) is 0 Å². The molecule has 3 heterocycles. The van der Waals surface area contributed by atoms with Crippen molar-refractivity contribution >= 4 is 21.8 Å². The number of rotatable bonds is 6. The zero-order valence-corrected chi connectivity index (χ0v) is 28.2. The van der Waals surface area contributed by atoms with E-state index in [1.165, 1.54) is 0 Å². The van der Waals surface area contributed by atoms with Gasteiger partial charge in [-0.2, -0.15) is 10.5 Å². The maximum absolute atomic E-state index is 10.1. The van der Waals surface area contributed by atoms with Gasteiger partial charge in [-0.15, -0.1) is 0 Å². The van der Waals surface area contributed by atoms with Crippen LogP contribution >= 0.6 is 0 Å². The Hall–Kier alpha value is -7.74. The first-order valence-electron chi connectivity index (χ1n) is 17.1. The van der Waals surface area contributed by atoms with E-state index in [2.05, 4.69) is 64.2 Å². The number of fused-ring (bicyclic) bond motifs is 3. The first-order valence-corrected chi connectivity index (χ1v) is 17.1. The zero-order chi connectivity index (χ0) is 35.7. The summed E-state index contributed by atoms with van der Waals surface area (Å²) in [7, 11) is 0. The minimum absolute atomic E-state index is 0.444. The highest BCUT2D eigenvalue weighted by atomic mass is 15.1. The van der Waals surface area contributed by atoms with Gasteiger partial charge in [-0.25, -0.2) is 15.0 Å². The van der Waals surface area contributed by atoms with Crippen LogP contribution in [-0.2, 0) is 0 Å². The molecule has 6 aromatic carbocycles. The Bertz CT molecular complexity index is 2850. The third-order valence-corrected chi connectivity index (χ3v) is 9.43. The Kier molecular flexibility index (Phi) is 7.78. The second-order valence-corrected chi connectivity index (χ2v) is 12.6. The van der Waals surface area contributed by atoms with Crippen LogP contribution in [0, 0.1) is 22.7 Å². The molecule has 0 amide bonds. The lowest BCUT2D eigenvalue weighted by Crippen LogP contribution is -2.04. The number of para-hydroxylation sites is 1. The number of aromatic nitrogens is 5. The van der Waals surface area contributed by atoms with Crippen molar-refractivity contribution in [3.63, 3.8) is 0 Å². The largest absolute Gasteiger partial charge is 0.308 e. The average Bonchev–Trinajstić information content (AvgIpc) is 3.57. The second-order valence-electron chi connectivity index (χ2n) is 12.6. The van der Waals surface area contributed by atoms with E-state index >= 15 is 0 Å². The molecule has 0 spiro atoms. The second kappa shape index (κ2) is 13.2. The van der Waals surface area contributed by atoms with Crippen LogP contribution in [-0.4, -0.2) is 24.5 Å². The molecule has 7 heteroatoms. The van der Waals surface area contributed by atoms with E-state index in [9.17, 15) is 10.5 Å². The highest BCUT2D eigenvalue weighted by Gasteiger charge is 2.21. The van der Waals surface area contributed by atoms with E-state index < -0.39 is 0 Å². The van der Waals surface area contributed by atoms with Crippen LogP contribution in [0.5, 0.6) is 0 Å². The van der Waals surface area contributed by atoms with Gasteiger partial charge < -0.3 is 4.57 Å². The van der Waals surface area contributed by atoms with Crippen LogP contribution in [0.4, 0.5) is 0 Å². The standard InChI is InChI=1S/C46H27N7/c47-27-30-17-20-37(36(24-30)28-48)34-18-21-39-38-15-7-8-16-41(38)53(43(39)26-34)42-22-19-33(35-14-9-23-49-29-35)25-40(42)46-51-44(31-10-3-1-4-11-31)50-45(52-46)32-12-5-2-6-13-32/h1-26,29H. The summed E-state index contributed by atoms with van der Waals surface area (Å²) in [5.41, 5.74) is 9.88. The third-order valence-electron chi connectivity index (χ3n) is 9.43. The molecule has 3 aromatic heterocycles. The average molecular weight is 678 g/mol. The van der Waals surface area contributed by atoms with E-state index in [0.29, 0.717) is 28.6 Å². The summed E-state index contributed by atoms with van der Waals surface area (Å²) in [4.78, 5) is 19.7. The highest BCUT2D eigenvalue weighted by molar-refractivity contribution is 6.11. The molecule has 9 aromatic rings. The van der Waals surface area contributed by atoms with Crippen molar-refractivity contribution in [3.8, 4) is 74.2 Å². The van der Waals surface area contributed by atoms with Gasteiger partial charge in [0.05, 0.1) is 40.0 Å². The molecule has 0 aliphatic carbocycles. The van der Waals surface area contributed by atoms with Gasteiger partial charge in [-0.05, 0) is 59.2 Å². The number of pyridine rings is 1. The summed E-state index contributed by atoms with van der Waals surface area (Å²) >= 11 is 0. The maximum atomic E-state index is 10.1. The molecular formula is C46H27N7. The molecule has 0 unspecified atom stereocenters. The summed E-state index contributed by atoms with van der Waals surface area (Å²) in [6.07, 6.45) is 3.62. The predicted octanol–water partition coefficient (Wildman–Crippen LogP) is 10.4. The lowest BCUT2D eigenvalue weighted by atomic mass is 9.97. The van der Waals surface area contributed by atoms with E-state index in [-0.39, 0.29) is 0 Å². The summed E-state index contributed by atoms with van der Waals surface area (Å²) in [5.74, 6) is 1.67. The van der Waals surface area contributed by atoms with Crippen molar-refractivity contribution in [1.82, 2.24) is 24.5 Å². The zero-order valence-electron chi connectivity index (χ0n) is 28.2. The molecule has 9 rings (SSSR count). The topological polar surface area (TPSA) is 104 Å². The Balaban J connectivity index is 1.35. The van der Waals surface area contributed by atoms with Crippen LogP contribution in [0.3, 0.4) is 0 Å². The molecule has 0 saturated carbocycles. The van der Waals surface area contributed by atoms with E-state index in [4.69, 9.17) is 15.0 Å². The van der Waals surface area contributed by atoms with Crippen LogP contribution < -0.4 is 0 Å². The molecule has 0 N–H and O–H groups in total. The normalized spacial score (nSPS) is 11.0. The minimum atomic E-state index is 0.444. The molecule has 0 atom stereocenters. The predicted molar refractivity (Wildman–Crippen MR) is 209 cm³/mol. The quantitative estimate of drug-likeness (QED) is 0.173. The Labute approximate surface area is 305 Å². The van der Waals surface area contributed by atoms with Crippen LogP contribution in [0.15, 0.2) is 164 Å². The fourth-order valence-corrected chi connectivity index (χ4v) is 6.91. The third kappa shape index (κ3) is 5.65. The van der Waals surface area contributed by atoms with Crippen molar-refractivity contribution in [3.05, 3.63) is 175 Å². The molecule has 53 heavy (non-hydrogen) atoms. The van der Waals surface area contributed by atoms with Crippen molar-refractivity contribution in [2.24, 2.45) is 0 Å². The Morgan fingerprint density at radius 2 is 1.11 bits per heavy atom. The smallest absolute Gasteiger partial charge is 0.166 e. The lowest BCUT2D eigenvalue weighted by Gasteiger charge is -2.16. The molecule has 0 fully saturated rings. The molecular weight excluding hydrogens is 651 g/mol. The molecule has 0 aliphatic rings. The number of nitriles is 2. The molecule has 0 aliphatic heterocycles. The van der Waals surface area contributed by atoms with E-state index in [0.717, 1.165) is 66.4 Å². The molecule has 0 bridgehead atoms. The minimum Gasteiger partial charge on any atom is -0.308 e. The SMILES string of the molecule is N#Cc1ccc(-c2ccc3c4ccccc4n(-c4ccc(-c5cccnc5)cc4-c4nc(-c5ccccc5)nc(-c5ccccc5)n4)c3c2)c(C#N)c1. The summed E-state index contributed by atoms with van der Waals surface area (Å²) in [6.45, 7) is 0. The first kappa shape index (κ1) is 31.3. The number of benzene rings is 6. The van der Waals surface area contributed by atoms with Gasteiger partial charge in [0.25, 0.3) is 0 Å². The molecule has 0 radical (unpaired) electrons. The monoisotopic (exact) mass is 677 g/mol. The van der Waals surface area contributed by atoms with Gasteiger partial charge in [0, 0.05) is 45.4 Å². The van der Waals surface area contributed by atoms with Gasteiger partial charge >= 0.3 is 0 Å². The lowest BCUT2D eigenvalue weighted by molar-refractivity contribution is 1.06. The van der Waals surface area contributed by atoms with Gasteiger partial charge in [-0.3, -0.25) is 4.98 Å². The van der Waals surface area contributed by atoms with Crippen molar-refractivity contribution < 1.29 is 0 Å². The van der Waals surface area contributed by atoms with Crippen molar-refractivity contribution in [1.29, 1.82) is 10.5 Å². The van der Waals surface area contributed by atoms with Crippen molar-refractivity contribution in [2.45, 2.75) is 0 Å². The first-order chi connectivity index (χ1) is 26.2.